The number of hydrogen-bond acceptors (Lipinski definition) is 1. The average Bonchev–Trinajstić information content (AvgIpc) is 1.41. The minimum Gasteiger partial charge on any atom is -0.317 e. The number of halogens is 2. The maximum Gasteiger partial charge on any atom is -0.00775 e. The van der Waals surface area contributed by atoms with Crippen LogP contribution in [-0.2, 0) is 0 Å². The van der Waals surface area contributed by atoms with Crippen molar-refractivity contribution in [3.8, 4) is 0 Å². The van der Waals surface area contributed by atoms with Crippen molar-refractivity contribution in [3.05, 3.63) is 0 Å². The molecule has 0 aromatic rings. The van der Waals surface area contributed by atoms with E-state index in [1.54, 1.807) is 0 Å². The maximum atomic E-state index is 3.11. The second-order valence-electron chi connectivity index (χ2n) is 0.957. The summed E-state index contributed by atoms with van der Waals surface area (Å²) >= 11 is 0. The predicted molar refractivity (Wildman–Crippen MR) is 29.2 cm³/mol. The minimum absolute atomic E-state index is 0. The van der Waals surface area contributed by atoms with Crippen molar-refractivity contribution in [3.63, 3.8) is 0 Å². The van der Waals surface area contributed by atoms with Gasteiger partial charge in [-0.1, -0.05) is 13.8 Å². The van der Waals surface area contributed by atoms with Crippen LogP contribution in [0.4, 0.5) is 9.41 Å². The van der Waals surface area contributed by atoms with Crippen LogP contribution in [0.3, 0.4) is 0 Å². The van der Waals surface area contributed by atoms with Gasteiger partial charge in [0.1, 0.15) is 0 Å². The molecule has 0 heterocycles. The average molecular weight is 113 g/mol. The highest BCUT2D eigenvalue weighted by Crippen LogP contribution is 1.47. The Bertz CT molecular complexity index is 17.2. The van der Waals surface area contributed by atoms with E-state index in [4.69, 9.17) is 0 Å². The lowest BCUT2D eigenvalue weighted by molar-refractivity contribution is 0.762. The molecule has 0 spiro atoms. The first kappa shape index (κ1) is 15.8. The van der Waals surface area contributed by atoms with E-state index in [1.165, 1.54) is 0 Å². The fourth-order valence-corrected chi connectivity index (χ4v) is 0.250. The molecule has 0 atom stereocenters. The lowest BCUT2D eigenvalue weighted by Gasteiger charge is -1.86. The molecule has 0 aliphatic carbocycles. The van der Waals surface area contributed by atoms with Gasteiger partial charge < -0.3 is 5.32 Å². The Morgan fingerprint density at radius 1 is 1.00 bits per heavy atom. The summed E-state index contributed by atoms with van der Waals surface area (Å²) < 4.78 is 0. The lowest BCUT2D eigenvalue weighted by Crippen LogP contribution is -2.09. The van der Waals surface area contributed by atoms with Gasteiger partial charge in [-0.3, -0.25) is 9.41 Å². The first-order valence-electron chi connectivity index (χ1n) is 2.12. The van der Waals surface area contributed by atoms with Crippen molar-refractivity contribution < 1.29 is 9.41 Å². The summed E-state index contributed by atoms with van der Waals surface area (Å²) in [7, 11) is 0. The zero-order valence-electron chi connectivity index (χ0n) is 4.73. The lowest BCUT2D eigenvalue weighted by atomic mass is 10.7. The Labute approximate surface area is 42.8 Å². The standard InChI is InChI=1S/C4H11N.2FH/c1-3-5-4-2;;/h5H,3-4H2,1-2H3;2*1H. The van der Waals surface area contributed by atoms with Gasteiger partial charge >= 0.3 is 0 Å². The highest BCUT2D eigenvalue weighted by molar-refractivity contribution is 4.27. The molecule has 0 amide bonds. The number of hydrogen-bond donors (Lipinski definition) is 1. The molecular formula is C4H13F2N. The Hall–Kier alpha value is -0.180. The molecule has 0 bridgehead atoms. The van der Waals surface area contributed by atoms with Crippen LogP contribution in [0.15, 0.2) is 0 Å². The molecule has 0 aliphatic heterocycles. The molecule has 0 saturated carbocycles. The quantitative estimate of drug-likeness (QED) is 0.561. The normalized spacial score (nSPS) is 6.00. The van der Waals surface area contributed by atoms with Crippen LogP contribution in [0, 0.1) is 0 Å². The molecule has 0 aliphatic rings. The summed E-state index contributed by atoms with van der Waals surface area (Å²) in [5, 5.41) is 3.11. The zero-order valence-corrected chi connectivity index (χ0v) is 4.73. The summed E-state index contributed by atoms with van der Waals surface area (Å²) in [5.41, 5.74) is 0. The third-order valence-corrected chi connectivity index (χ3v) is 0.500. The Morgan fingerprint density at radius 2 is 1.29 bits per heavy atom. The molecule has 0 rings (SSSR count). The van der Waals surface area contributed by atoms with Crippen LogP contribution in [0.25, 0.3) is 0 Å². The first-order chi connectivity index (χ1) is 2.41. The highest BCUT2D eigenvalue weighted by Gasteiger charge is 1.62. The van der Waals surface area contributed by atoms with Gasteiger partial charge in [0.15, 0.2) is 0 Å². The van der Waals surface area contributed by atoms with Crippen LogP contribution in [0.5, 0.6) is 0 Å². The summed E-state index contributed by atoms with van der Waals surface area (Å²) in [5.74, 6) is 0. The van der Waals surface area contributed by atoms with Gasteiger partial charge in [0.2, 0.25) is 0 Å². The second kappa shape index (κ2) is 17.0. The number of nitrogens with one attached hydrogen (secondary N) is 1. The molecule has 0 radical (unpaired) electrons. The fourth-order valence-electron chi connectivity index (χ4n) is 0.250. The third-order valence-electron chi connectivity index (χ3n) is 0.500. The molecule has 0 fully saturated rings. The largest absolute Gasteiger partial charge is 0.317 e. The van der Waals surface area contributed by atoms with Crippen molar-refractivity contribution in [1.82, 2.24) is 5.32 Å². The molecule has 48 valence electrons. The van der Waals surface area contributed by atoms with Crippen molar-refractivity contribution in [1.29, 1.82) is 0 Å². The summed E-state index contributed by atoms with van der Waals surface area (Å²) in [6.45, 7) is 6.39. The van der Waals surface area contributed by atoms with Gasteiger partial charge in [0, 0.05) is 0 Å². The van der Waals surface area contributed by atoms with Crippen molar-refractivity contribution in [2.24, 2.45) is 0 Å². The topological polar surface area (TPSA) is 12.0 Å². The molecule has 0 aromatic heterocycles. The van der Waals surface area contributed by atoms with Crippen LogP contribution in [0.2, 0.25) is 0 Å². The van der Waals surface area contributed by atoms with Gasteiger partial charge in [0.25, 0.3) is 0 Å². The zero-order chi connectivity index (χ0) is 4.12. The molecule has 7 heavy (non-hydrogen) atoms. The van der Waals surface area contributed by atoms with Crippen LogP contribution >= 0.6 is 0 Å². The highest BCUT2D eigenvalue weighted by atomic mass is 19.0. The Morgan fingerprint density at radius 3 is 1.29 bits per heavy atom. The van der Waals surface area contributed by atoms with E-state index in [-0.39, 0.29) is 9.41 Å². The summed E-state index contributed by atoms with van der Waals surface area (Å²) in [6.07, 6.45) is 0. The van der Waals surface area contributed by atoms with Gasteiger partial charge in [-0.05, 0) is 13.1 Å². The van der Waals surface area contributed by atoms with Gasteiger partial charge in [-0.15, -0.1) is 0 Å². The SMILES string of the molecule is CCNCC.F.F. The minimum atomic E-state index is 0. The Kier molecular flexibility index (Phi) is 38.5. The van der Waals surface area contributed by atoms with Crippen LogP contribution in [-0.4, -0.2) is 13.1 Å². The van der Waals surface area contributed by atoms with E-state index in [0.717, 1.165) is 13.1 Å². The fraction of sp³-hybridized carbons (Fsp3) is 1.00. The van der Waals surface area contributed by atoms with E-state index < -0.39 is 0 Å². The molecular weight excluding hydrogens is 100 g/mol. The number of rotatable bonds is 2. The van der Waals surface area contributed by atoms with Gasteiger partial charge in [0.05, 0.1) is 0 Å². The summed E-state index contributed by atoms with van der Waals surface area (Å²) in [4.78, 5) is 0. The smallest absolute Gasteiger partial charge is 0.00775 e. The van der Waals surface area contributed by atoms with Gasteiger partial charge in [-0.25, -0.2) is 0 Å². The Balaban J connectivity index is -0.0000000800. The van der Waals surface area contributed by atoms with Gasteiger partial charge in [-0.2, -0.15) is 0 Å². The predicted octanol–water partition coefficient (Wildman–Crippen LogP) is 0.921. The van der Waals surface area contributed by atoms with Crippen molar-refractivity contribution in [2.75, 3.05) is 13.1 Å². The molecule has 0 unspecified atom stereocenters. The molecule has 0 saturated heterocycles. The molecule has 1 nitrogen and oxygen atoms in total. The van der Waals surface area contributed by atoms with Crippen molar-refractivity contribution >= 4 is 0 Å². The van der Waals surface area contributed by atoms with E-state index in [9.17, 15) is 0 Å². The monoisotopic (exact) mass is 113 g/mol. The molecule has 3 heteroatoms. The van der Waals surface area contributed by atoms with Crippen molar-refractivity contribution in [2.45, 2.75) is 13.8 Å². The third kappa shape index (κ3) is 25.6. The maximum absolute atomic E-state index is 3.11. The second-order valence-corrected chi connectivity index (χ2v) is 0.957. The first-order valence-corrected chi connectivity index (χ1v) is 2.12. The van der Waals surface area contributed by atoms with E-state index in [0.29, 0.717) is 0 Å². The molecule has 1 N–H and O–H groups in total. The van der Waals surface area contributed by atoms with E-state index in [1.807, 2.05) is 0 Å². The van der Waals surface area contributed by atoms with Crippen LogP contribution in [0.1, 0.15) is 13.8 Å². The summed E-state index contributed by atoms with van der Waals surface area (Å²) in [6, 6.07) is 0. The van der Waals surface area contributed by atoms with E-state index >= 15 is 0 Å². The van der Waals surface area contributed by atoms with E-state index in [2.05, 4.69) is 19.2 Å². The molecule has 0 aromatic carbocycles. The van der Waals surface area contributed by atoms with Crippen LogP contribution < -0.4 is 5.32 Å².